The third-order valence-corrected chi connectivity index (χ3v) is 5.76. The number of carbonyl (C=O) groups excluding carboxylic acids is 3. The number of amides is 1. The Labute approximate surface area is 207 Å². The van der Waals surface area contributed by atoms with Crippen LogP contribution in [0.4, 0.5) is 5.69 Å². The molecule has 36 heavy (non-hydrogen) atoms. The third-order valence-electron chi connectivity index (χ3n) is 5.76. The Morgan fingerprint density at radius 1 is 0.806 bits per heavy atom. The Balaban J connectivity index is 1.82. The molecular formula is C28H24N2O6. The molecular weight excluding hydrogens is 460 g/mol. The van der Waals surface area contributed by atoms with Gasteiger partial charge < -0.3 is 19.5 Å². The van der Waals surface area contributed by atoms with Gasteiger partial charge in [0.1, 0.15) is 5.75 Å². The van der Waals surface area contributed by atoms with Crippen molar-refractivity contribution in [2.24, 2.45) is 0 Å². The second-order valence-electron chi connectivity index (χ2n) is 7.94. The molecule has 1 amide bonds. The van der Waals surface area contributed by atoms with E-state index in [0.29, 0.717) is 33.5 Å². The van der Waals surface area contributed by atoms with Crippen LogP contribution < -0.4 is 10.1 Å². The van der Waals surface area contributed by atoms with Crippen molar-refractivity contribution in [1.82, 2.24) is 4.98 Å². The van der Waals surface area contributed by atoms with Gasteiger partial charge in [0.25, 0.3) is 5.91 Å². The summed E-state index contributed by atoms with van der Waals surface area (Å²) in [4.78, 5) is 42.8. The monoisotopic (exact) mass is 484 g/mol. The second-order valence-corrected chi connectivity index (χ2v) is 7.94. The molecule has 1 aromatic heterocycles. The van der Waals surface area contributed by atoms with E-state index in [1.165, 1.54) is 32.4 Å². The molecule has 0 atom stereocenters. The molecule has 182 valence electrons. The molecule has 4 aromatic rings. The molecule has 0 aliphatic rings. The van der Waals surface area contributed by atoms with Gasteiger partial charge in [-0.3, -0.25) is 4.79 Å². The number of esters is 2. The first kappa shape index (κ1) is 24.4. The van der Waals surface area contributed by atoms with Crippen molar-refractivity contribution in [2.75, 3.05) is 26.6 Å². The number of pyridine rings is 1. The van der Waals surface area contributed by atoms with Gasteiger partial charge >= 0.3 is 11.9 Å². The molecule has 0 spiro atoms. The number of ether oxygens (including phenoxy) is 3. The number of hydrogen-bond donors (Lipinski definition) is 1. The Bertz CT molecular complexity index is 1440. The zero-order chi connectivity index (χ0) is 25.8. The van der Waals surface area contributed by atoms with E-state index in [1.54, 1.807) is 7.11 Å². The lowest BCUT2D eigenvalue weighted by atomic mass is 9.97. The quantitative estimate of drug-likeness (QED) is 0.382. The van der Waals surface area contributed by atoms with Gasteiger partial charge in [-0.05, 0) is 61.0 Å². The normalized spacial score (nSPS) is 10.6. The Morgan fingerprint density at radius 3 is 2.00 bits per heavy atom. The minimum Gasteiger partial charge on any atom is -0.497 e. The van der Waals surface area contributed by atoms with Crippen LogP contribution in [0.5, 0.6) is 5.75 Å². The number of aromatic nitrogens is 1. The average Bonchev–Trinajstić information content (AvgIpc) is 2.91. The van der Waals surface area contributed by atoms with Crippen molar-refractivity contribution < 1.29 is 28.6 Å². The van der Waals surface area contributed by atoms with Gasteiger partial charge in [0.2, 0.25) is 0 Å². The molecule has 0 radical (unpaired) electrons. The van der Waals surface area contributed by atoms with Gasteiger partial charge in [-0.1, -0.05) is 18.2 Å². The second kappa shape index (κ2) is 10.3. The molecule has 1 N–H and O–H groups in total. The first-order valence-corrected chi connectivity index (χ1v) is 11.0. The maximum atomic E-state index is 13.6. The first-order chi connectivity index (χ1) is 17.4. The molecule has 8 heteroatoms. The fraction of sp³-hybridized carbons (Fsp3) is 0.143. The van der Waals surface area contributed by atoms with Crippen LogP contribution in [-0.2, 0) is 9.47 Å². The van der Waals surface area contributed by atoms with Gasteiger partial charge in [-0.25, -0.2) is 14.6 Å². The van der Waals surface area contributed by atoms with Crippen LogP contribution in [0.15, 0.2) is 66.7 Å². The minimum atomic E-state index is -0.649. The number of rotatable bonds is 6. The molecule has 0 bridgehead atoms. The Morgan fingerprint density at radius 2 is 1.42 bits per heavy atom. The summed E-state index contributed by atoms with van der Waals surface area (Å²) in [6.45, 7) is 1.83. The van der Waals surface area contributed by atoms with Gasteiger partial charge in [0.05, 0.1) is 49.2 Å². The zero-order valence-electron chi connectivity index (χ0n) is 20.2. The number of nitrogens with zero attached hydrogens (tertiary/aromatic N) is 1. The molecule has 1 heterocycles. The van der Waals surface area contributed by atoms with E-state index in [0.717, 1.165) is 5.56 Å². The van der Waals surface area contributed by atoms with Crippen molar-refractivity contribution >= 4 is 34.4 Å². The molecule has 0 aliphatic heterocycles. The van der Waals surface area contributed by atoms with E-state index < -0.39 is 17.8 Å². The molecule has 0 fully saturated rings. The van der Waals surface area contributed by atoms with E-state index in [1.807, 2.05) is 55.5 Å². The third kappa shape index (κ3) is 4.74. The van der Waals surface area contributed by atoms with E-state index in [9.17, 15) is 14.4 Å². The standard InChI is InChI=1S/C28H24N2O6/c1-16-24(26(31)29-20-14-18(27(32)35-3)13-19(15-20)28(33)36-4)22-7-5-6-8-23(22)30-25(16)17-9-11-21(34-2)12-10-17/h5-15H,1-4H3,(H,29,31). The molecule has 0 saturated heterocycles. The summed E-state index contributed by atoms with van der Waals surface area (Å²) in [7, 11) is 4.06. The van der Waals surface area contributed by atoms with E-state index in [-0.39, 0.29) is 16.8 Å². The summed E-state index contributed by atoms with van der Waals surface area (Å²) < 4.78 is 14.8. The zero-order valence-corrected chi connectivity index (χ0v) is 20.2. The topological polar surface area (TPSA) is 104 Å². The van der Waals surface area contributed by atoms with Gasteiger partial charge in [0.15, 0.2) is 0 Å². The van der Waals surface area contributed by atoms with Gasteiger partial charge in [-0.2, -0.15) is 0 Å². The number of para-hydroxylation sites is 1. The highest BCUT2D eigenvalue weighted by molar-refractivity contribution is 6.15. The van der Waals surface area contributed by atoms with Gasteiger partial charge in [0, 0.05) is 16.6 Å². The summed E-state index contributed by atoms with van der Waals surface area (Å²) in [6.07, 6.45) is 0. The highest BCUT2D eigenvalue weighted by Crippen LogP contribution is 2.31. The number of hydrogen-bond acceptors (Lipinski definition) is 7. The molecule has 0 unspecified atom stereocenters. The lowest BCUT2D eigenvalue weighted by Crippen LogP contribution is -2.16. The fourth-order valence-corrected chi connectivity index (χ4v) is 3.99. The lowest BCUT2D eigenvalue weighted by molar-refractivity contribution is 0.0599. The van der Waals surface area contributed by atoms with E-state index in [2.05, 4.69) is 5.32 Å². The van der Waals surface area contributed by atoms with Crippen molar-refractivity contribution in [1.29, 1.82) is 0 Å². The van der Waals surface area contributed by atoms with Crippen molar-refractivity contribution in [3.63, 3.8) is 0 Å². The van der Waals surface area contributed by atoms with Crippen molar-refractivity contribution in [3.8, 4) is 17.0 Å². The summed E-state index contributed by atoms with van der Waals surface area (Å²) >= 11 is 0. The predicted molar refractivity (Wildman–Crippen MR) is 136 cm³/mol. The fourth-order valence-electron chi connectivity index (χ4n) is 3.99. The molecule has 3 aromatic carbocycles. The summed E-state index contributed by atoms with van der Waals surface area (Å²) in [5.74, 6) is -1.01. The van der Waals surface area contributed by atoms with Crippen LogP contribution in [0.25, 0.3) is 22.2 Å². The largest absolute Gasteiger partial charge is 0.497 e. The summed E-state index contributed by atoms with van der Waals surface area (Å²) in [5.41, 5.74) is 3.68. The maximum absolute atomic E-state index is 13.6. The molecule has 8 nitrogen and oxygen atoms in total. The van der Waals surface area contributed by atoms with Gasteiger partial charge in [-0.15, -0.1) is 0 Å². The summed E-state index contributed by atoms with van der Waals surface area (Å²) in [5, 5.41) is 3.49. The van der Waals surface area contributed by atoms with Crippen LogP contribution >= 0.6 is 0 Å². The van der Waals surface area contributed by atoms with Crippen LogP contribution in [0.1, 0.15) is 36.6 Å². The first-order valence-electron chi connectivity index (χ1n) is 11.0. The lowest BCUT2D eigenvalue weighted by Gasteiger charge is -2.16. The van der Waals surface area contributed by atoms with E-state index >= 15 is 0 Å². The molecule has 0 saturated carbocycles. The minimum absolute atomic E-state index is 0.103. The molecule has 0 aliphatic carbocycles. The average molecular weight is 485 g/mol. The van der Waals surface area contributed by atoms with Crippen molar-refractivity contribution in [2.45, 2.75) is 6.92 Å². The maximum Gasteiger partial charge on any atom is 0.337 e. The number of fused-ring (bicyclic) bond motifs is 1. The number of methoxy groups -OCH3 is 3. The van der Waals surface area contributed by atoms with Crippen LogP contribution in [0.3, 0.4) is 0 Å². The number of nitrogens with one attached hydrogen (secondary N) is 1. The number of carbonyl (C=O) groups is 3. The van der Waals surface area contributed by atoms with Crippen molar-refractivity contribution in [3.05, 3.63) is 89.0 Å². The number of anilines is 1. The van der Waals surface area contributed by atoms with Crippen LogP contribution in [0.2, 0.25) is 0 Å². The highest BCUT2D eigenvalue weighted by Gasteiger charge is 2.21. The smallest absolute Gasteiger partial charge is 0.337 e. The predicted octanol–water partition coefficient (Wildman–Crippen LogP) is 5.04. The molecule has 4 rings (SSSR count). The van der Waals surface area contributed by atoms with Crippen LogP contribution in [0, 0.1) is 6.92 Å². The highest BCUT2D eigenvalue weighted by atomic mass is 16.5. The Kier molecular flexibility index (Phi) is 6.96. The Hall–Kier alpha value is -4.72. The SMILES string of the molecule is COC(=O)c1cc(NC(=O)c2c(C)c(-c3ccc(OC)cc3)nc3ccccc23)cc(C(=O)OC)c1. The van der Waals surface area contributed by atoms with Crippen LogP contribution in [-0.4, -0.2) is 44.2 Å². The number of benzene rings is 3. The summed E-state index contributed by atoms with van der Waals surface area (Å²) in [6, 6.07) is 19.0. The van der Waals surface area contributed by atoms with E-state index in [4.69, 9.17) is 19.2 Å².